The summed E-state index contributed by atoms with van der Waals surface area (Å²) in [5, 5.41) is 3.77. The van der Waals surface area contributed by atoms with Gasteiger partial charge in [-0.1, -0.05) is 23.4 Å². The summed E-state index contributed by atoms with van der Waals surface area (Å²) >= 11 is 0. The van der Waals surface area contributed by atoms with Crippen molar-refractivity contribution in [1.29, 1.82) is 0 Å². The lowest BCUT2D eigenvalue weighted by atomic mass is 10.1. The second-order valence-electron chi connectivity index (χ2n) is 4.67. The van der Waals surface area contributed by atoms with Gasteiger partial charge >= 0.3 is 0 Å². The first-order chi connectivity index (χ1) is 8.68. The molecule has 0 radical (unpaired) electrons. The topological polar surface area (TPSA) is 46.3 Å². The zero-order valence-electron chi connectivity index (χ0n) is 10.4. The molecule has 4 heteroatoms. The highest BCUT2D eigenvalue weighted by molar-refractivity contribution is 6.08. The van der Waals surface area contributed by atoms with E-state index in [0.29, 0.717) is 11.3 Å². The van der Waals surface area contributed by atoms with Crippen LogP contribution >= 0.6 is 0 Å². The molecule has 0 saturated heterocycles. The lowest BCUT2D eigenvalue weighted by Crippen LogP contribution is -2.35. The van der Waals surface area contributed by atoms with Crippen molar-refractivity contribution < 1.29 is 9.32 Å². The lowest BCUT2D eigenvalue weighted by Gasteiger charge is -2.22. The second-order valence-corrected chi connectivity index (χ2v) is 4.67. The zero-order valence-corrected chi connectivity index (χ0v) is 10.4. The molecule has 1 aromatic heterocycles. The Kier molecular flexibility index (Phi) is 2.44. The molecule has 1 amide bonds. The maximum Gasteiger partial charge on any atom is 0.263 e. The van der Waals surface area contributed by atoms with Gasteiger partial charge in [-0.15, -0.1) is 0 Å². The van der Waals surface area contributed by atoms with Crippen LogP contribution in [0.5, 0.6) is 0 Å². The van der Waals surface area contributed by atoms with Crippen LogP contribution in [0.1, 0.15) is 28.5 Å². The molecule has 18 heavy (non-hydrogen) atoms. The number of aryl methyl sites for hydroxylation is 1. The molecule has 1 aliphatic rings. The number of carbonyl (C=O) groups excluding carboxylic acids is 1. The van der Waals surface area contributed by atoms with Crippen LogP contribution in [0.2, 0.25) is 0 Å². The van der Waals surface area contributed by atoms with Crippen LogP contribution in [-0.2, 0) is 6.42 Å². The molecule has 1 unspecified atom stereocenters. The number of aromatic nitrogens is 1. The maximum atomic E-state index is 12.5. The summed E-state index contributed by atoms with van der Waals surface area (Å²) in [4.78, 5) is 14.4. The minimum Gasteiger partial charge on any atom is -0.364 e. The Balaban J connectivity index is 2.03. The van der Waals surface area contributed by atoms with Crippen molar-refractivity contribution in [2.24, 2.45) is 0 Å². The minimum atomic E-state index is -0.0359. The Labute approximate surface area is 105 Å². The van der Waals surface area contributed by atoms with Gasteiger partial charge in [0.05, 0.1) is 5.69 Å². The average molecular weight is 242 g/mol. The van der Waals surface area contributed by atoms with Crippen LogP contribution in [0, 0.1) is 6.92 Å². The highest BCUT2D eigenvalue weighted by Crippen LogP contribution is 2.33. The fourth-order valence-electron chi connectivity index (χ4n) is 2.50. The summed E-state index contributed by atoms with van der Waals surface area (Å²) in [5.74, 6) is -0.0359. The lowest BCUT2D eigenvalue weighted by molar-refractivity contribution is 0.0980. The summed E-state index contributed by atoms with van der Waals surface area (Å²) in [6.45, 7) is 3.84. The predicted octanol–water partition coefficient (Wildman–Crippen LogP) is 2.57. The van der Waals surface area contributed by atoms with Crippen molar-refractivity contribution in [3.63, 3.8) is 0 Å². The van der Waals surface area contributed by atoms with E-state index in [0.717, 1.165) is 12.1 Å². The smallest absolute Gasteiger partial charge is 0.263 e. The number of benzene rings is 1. The van der Waals surface area contributed by atoms with Crippen LogP contribution in [0.15, 0.2) is 35.1 Å². The molecule has 0 saturated carbocycles. The van der Waals surface area contributed by atoms with E-state index >= 15 is 0 Å². The highest BCUT2D eigenvalue weighted by atomic mass is 16.5. The van der Waals surface area contributed by atoms with Crippen molar-refractivity contribution in [3.05, 3.63) is 47.3 Å². The minimum absolute atomic E-state index is 0.0359. The van der Waals surface area contributed by atoms with Gasteiger partial charge in [0.1, 0.15) is 11.8 Å². The number of anilines is 1. The van der Waals surface area contributed by atoms with Gasteiger partial charge in [-0.3, -0.25) is 4.79 Å². The normalized spacial score (nSPS) is 17.9. The fraction of sp³-hybridized carbons (Fsp3) is 0.286. The molecule has 3 rings (SSSR count). The number of carbonyl (C=O) groups is 1. The van der Waals surface area contributed by atoms with Crippen LogP contribution in [0.3, 0.4) is 0 Å². The van der Waals surface area contributed by atoms with E-state index in [1.165, 1.54) is 11.8 Å². The second kappa shape index (κ2) is 3.98. The van der Waals surface area contributed by atoms with Crippen LogP contribution in [0.25, 0.3) is 0 Å². The van der Waals surface area contributed by atoms with E-state index in [1.807, 2.05) is 23.1 Å². The molecular weight excluding hydrogens is 228 g/mol. The molecule has 0 N–H and O–H groups in total. The van der Waals surface area contributed by atoms with E-state index in [4.69, 9.17) is 4.52 Å². The largest absolute Gasteiger partial charge is 0.364 e. The quantitative estimate of drug-likeness (QED) is 0.772. The predicted molar refractivity (Wildman–Crippen MR) is 67.7 cm³/mol. The Morgan fingerprint density at radius 3 is 2.94 bits per heavy atom. The average Bonchev–Trinajstić information content (AvgIpc) is 2.91. The standard InChI is InChI=1S/C14H14N2O2/c1-9-7-11-5-3-4-6-13(11)16(9)14(17)12-8-18-15-10(12)2/h3-6,8-9H,7H2,1-2H3. The van der Waals surface area contributed by atoms with E-state index < -0.39 is 0 Å². The number of amides is 1. The Hall–Kier alpha value is -2.10. The van der Waals surface area contributed by atoms with Crippen molar-refractivity contribution in [3.8, 4) is 0 Å². The van der Waals surface area contributed by atoms with Gasteiger partial charge in [0, 0.05) is 11.7 Å². The third-order valence-corrected chi connectivity index (χ3v) is 3.41. The molecule has 0 bridgehead atoms. The molecule has 4 nitrogen and oxygen atoms in total. The molecule has 0 fully saturated rings. The molecular formula is C14H14N2O2. The van der Waals surface area contributed by atoms with Gasteiger partial charge in [-0.25, -0.2) is 0 Å². The summed E-state index contributed by atoms with van der Waals surface area (Å²) < 4.78 is 4.85. The van der Waals surface area contributed by atoms with E-state index in [2.05, 4.69) is 18.1 Å². The summed E-state index contributed by atoms with van der Waals surface area (Å²) in [6, 6.07) is 8.19. The van der Waals surface area contributed by atoms with Gasteiger partial charge in [0.25, 0.3) is 5.91 Å². The van der Waals surface area contributed by atoms with Crippen LogP contribution < -0.4 is 4.90 Å². The highest BCUT2D eigenvalue weighted by Gasteiger charge is 2.32. The molecule has 1 aromatic carbocycles. The molecule has 0 spiro atoms. The molecule has 0 aliphatic carbocycles. The van der Waals surface area contributed by atoms with E-state index in [-0.39, 0.29) is 11.9 Å². The number of nitrogens with zero attached hydrogens (tertiary/aromatic N) is 2. The van der Waals surface area contributed by atoms with Crippen molar-refractivity contribution >= 4 is 11.6 Å². The zero-order chi connectivity index (χ0) is 12.7. The first-order valence-electron chi connectivity index (χ1n) is 6.01. The molecule has 1 aliphatic heterocycles. The fourth-order valence-corrected chi connectivity index (χ4v) is 2.50. The monoisotopic (exact) mass is 242 g/mol. The summed E-state index contributed by atoms with van der Waals surface area (Å²) in [5.41, 5.74) is 3.39. The third-order valence-electron chi connectivity index (χ3n) is 3.41. The van der Waals surface area contributed by atoms with E-state index in [1.54, 1.807) is 6.92 Å². The van der Waals surface area contributed by atoms with Crippen LogP contribution in [-0.4, -0.2) is 17.1 Å². The Morgan fingerprint density at radius 1 is 1.44 bits per heavy atom. The van der Waals surface area contributed by atoms with Crippen molar-refractivity contribution in [1.82, 2.24) is 5.16 Å². The first-order valence-corrected chi connectivity index (χ1v) is 6.01. The van der Waals surface area contributed by atoms with Crippen molar-refractivity contribution in [2.45, 2.75) is 26.3 Å². The number of fused-ring (bicyclic) bond motifs is 1. The Bertz CT molecular complexity index is 603. The maximum absolute atomic E-state index is 12.5. The molecule has 92 valence electrons. The van der Waals surface area contributed by atoms with Crippen LogP contribution in [0.4, 0.5) is 5.69 Å². The van der Waals surface area contributed by atoms with Gasteiger partial charge < -0.3 is 9.42 Å². The number of para-hydroxylation sites is 1. The SMILES string of the molecule is Cc1nocc1C(=O)N1c2ccccc2CC1C. The number of rotatable bonds is 1. The van der Waals surface area contributed by atoms with Gasteiger partial charge in [0.2, 0.25) is 0 Å². The van der Waals surface area contributed by atoms with Gasteiger partial charge in [0.15, 0.2) is 0 Å². The number of hydrogen-bond acceptors (Lipinski definition) is 3. The number of hydrogen-bond donors (Lipinski definition) is 0. The first kappa shape index (κ1) is 11.0. The van der Waals surface area contributed by atoms with Gasteiger partial charge in [-0.05, 0) is 31.9 Å². The molecule has 1 atom stereocenters. The summed E-state index contributed by atoms with van der Waals surface area (Å²) in [6.07, 6.45) is 2.32. The third kappa shape index (κ3) is 1.53. The van der Waals surface area contributed by atoms with E-state index in [9.17, 15) is 4.79 Å². The Morgan fingerprint density at radius 2 is 2.22 bits per heavy atom. The summed E-state index contributed by atoms with van der Waals surface area (Å²) in [7, 11) is 0. The van der Waals surface area contributed by atoms with Gasteiger partial charge in [-0.2, -0.15) is 0 Å². The molecule has 2 aromatic rings. The van der Waals surface area contributed by atoms with Crippen molar-refractivity contribution in [2.75, 3.05) is 4.90 Å². The molecule has 2 heterocycles.